The Kier molecular flexibility index (Phi) is 9.97. The van der Waals surface area contributed by atoms with Gasteiger partial charge < -0.3 is 36.9 Å². The van der Waals surface area contributed by atoms with E-state index < -0.39 is 59.0 Å². The lowest BCUT2D eigenvalue weighted by Crippen LogP contribution is -2.99. The van der Waals surface area contributed by atoms with Crippen LogP contribution in [0.4, 0.5) is 5.69 Å². The van der Waals surface area contributed by atoms with Crippen molar-refractivity contribution in [2.75, 3.05) is 12.3 Å². The molecule has 186 valence electrons. The highest BCUT2D eigenvalue weighted by molar-refractivity contribution is 7.99. The summed E-state index contributed by atoms with van der Waals surface area (Å²) in [5.41, 5.74) is 6.37. The molecule has 0 spiro atoms. The first-order valence-corrected chi connectivity index (χ1v) is 11.2. The maximum absolute atomic E-state index is 12.5. The summed E-state index contributed by atoms with van der Waals surface area (Å²) in [7, 11) is 0. The second-order valence-corrected chi connectivity index (χ2v) is 8.61. The van der Waals surface area contributed by atoms with E-state index in [1.165, 1.54) is 24.3 Å². The van der Waals surface area contributed by atoms with Crippen molar-refractivity contribution in [3.8, 4) is 0 Å². The van der Waals surface area contributed by atoms with Crippen LogP contribution in [0.5, 0.6) is 0 Å². The molecular formula is C20H26N4O9S. The molecule has 0 fully saturated rings. The third-order valence-electron chi connectivity index (χ3n) is 4.95. The first-order chi connectivity index (χ1) is 16.0. The summed E-state index contributed by atoms with van der Waals surface area (Å²) in [6.07, 6.45) is 1.48. The highest BCUT2D eigenvalue weighted by atomic mass is 32.2. The second-order valence-electron chi connectivity index (χ2n) is 7.43. The zero-order chi connectivity index (χ0) is 25.4. The molecule has 0 radical (unpaired) electrons. The summed E-state index contributed by atoms with van der Waals surface area (Å²) in [6, 6.07) is 2.14. The van der Waals surface area contributed by atoms with Gasteiger partial charge in [-0.15, -0.1) is 11.8 Å². The van der Waals surface area contributed by atoms with E-state index in [4.69, 9.17) is 15.9 Å². The van der Waals surface area contributed by atoms with E-state index in [-0.39, 0.29) is 24.3 Å². The number of amides is 2. The van der Waals surface area contributed by atoms with Gasteiger partial charge in [0.25, 0.3) is 0 Å². The monoisotopic (exact) mass is 498 g/mol. The van der Waals surface area contributed by atoms with E-state index in [0.717, 1.165) is 11.8 Å². The predicted octanol–water partition coefficient (Wildman–Crippen LogP) is -1.87. The van der Waals surface area contributed by atoms with Crippen LogP contribution in [-0.4, -0.2) is 74.8 Å². The number of hydrogen-bond donors (Lipinski definition) is 8. The molecule has 9 N–H and O–H groups in total. The molecule has 5 unspecified atom stereocenters. The van der Waals surface area contributed by atoms with Crippen molar-refractivity contribution in [3.63, 3.8) is 0 Å². The quantitative estimate of drug-likeness (QED) is 0.149. The highest BCUT2D eigenvalue weighted by Crippen LogP contribution is 2.40. The summed E-state index contributed by atoms with van der Waals surface area (Å²) < 4.78 is 0. The molecular weight excluding hydrogens is 472 g/mol. The number of carbonyl (C=O) groups excluding carboxylic acids is 2. The lowest BCUT2D eigenvalue weighted by atomic mass is 9.94. The topological polar surface area (TPSA) is 227 Å². The van der Waals surface area contributed by atoms with Crippen LogP contribution in [0, 0.1) is 5.21 Å². The molecule has 0 heterocycles. The number of nitrogens with two attached hydrogens (primary N) is 1. The number of nitrogens with one attached hydrogen (secondary N) is 3. The first kappa shape index (κ1) is 27.2. The number of aliphatic carboxylic acids is 2. The van der Waals surface area contributed by atoms with Crippen molar-refractivity contribution in [1.82, 2.24) is 10.6 Å². The number of quaternary nitrogens is 1. The van der Waals surface area contributed by atoms with Gasteiger partial charge in [0.15, 0.2) is 5.69 Å². The molecule has 1 aliphatic carbocycles. The van der Waals surface area contributed by atoms with E-state index in [1.54, 1.807) is 6.07 Å². The minimum Gasteiger partial charge on any atom is -0.595 e. The smallest absolute Gasteiger partial charge is 0.322 e. The maximum atomic E-state index is 12.5. The predicted molar refractivity (Wildman–Crippen MR) is 120 cm³/mol. The maximum Gasteiger partial charge on any atom is 0.322 e. The molecule has 0 saturated heterocycles. The summed E-state index contributed by atoms with van der Waals surface area (Å²) in [5, 5.41) is 51.8. The molecule has 2 amide bonds. The molecule has 34 heavy (non-hydrogen) atoms. The number of hydrogen-bond acceptors (Lipinski definition) is 9. The normalized spacial score (nSPS) is 19.4. The minimum atomic E-state index is -1.29. The van der Waals surface area contributed by atoms with Gasteiger partial charge in [-0.05, 0) is 18.1 Å². The number of rotatable bonds is 12. The van der Waals surface area contributed by atoms with Crippen LogP contribution in [0.3, 0.4) is 0 Å². The van der Waals surface area contributed by atoms with Gasteiger partial charge in [0.05, 0.1) is 11.4 Å². The molecule has 0 aromatic heterocycles. The average molecular weight is 499 g/mol. The van der Waals surface area contributed by atoms with Gasteiger partial charge in [-0.3, -0.25) is 19.2 Å². The Morgan fingerprint density at radius 3 is 2.56 bits per heavy atom. The number of aliphatic hydroxyl groups is 1. The zero-order valence-corrected chi connectivity index (χ0v) is 18.7. The zero-order valence-electron chi connectivity index (χ0n) is 17.8. The summed E-state index contributed by atoms with van der Waals surface area (Å²) in [5.74, 6) is -4.11. The second kappa shape index (κ2) is 12.5. The van der Waals surface area contributed by atoms with Gasteiger partial charge in [0.1, 0.15) is 18.6 Å². The molecule has 0 saturated carbocycles. The van der Waals surface area contributed by atoms with Gasteiger partial charge in [0.2, 0.25) is 11.8 Å². The largest absolute Gasteiger partial charge is 0.595 e. The van der Waals surface area contributed by atoms with Crippen LogP contribution in [0.25, 0.3) is 6.08 Å². The number of carbonyl (C=O) groups is 4. The number of benzene rings is 1. The molecule has 0 bridgehead atoms. The van der Waals surface area contributed by atoms with Crippen LogP contribution >= 0.6 is 11.8 Å². The number of fused-ring (bicyclic) bond motifs is 1. The molecule has 1 aliphatic rings. The molecule has 0 aliphatic heterocycles. The Morgan fingerprint density at radius 2 is 1.94 bits per heavy atom. The Bertz CT molecular complexity index is 956. The SMILES string of the molecule is NC(CCC(=O)NC(CSC1c2cccc([NH+]([O-])O)c2C=CC1O)C(=O)NCC(=O)O)C(=O)O. The minimum absolute atomic E-state index is 0.0464. The lowest BCUT2D eigenvalue weighted by Gasteiger charge is -2.29. The van der Waals surface area contributed by atoms with E-state index in [2.05, 4.69) is 10.6 Å². The Morgan fingerprint density at radius 1 is 1.24 bits per heavy atom. The van der Waals surface area contributed by atoms with Gasteiger partial charge in [-0.2, -0.15) is 5.23 Å². The third kappa shape index (κ3) is 7.51. The molecule has 1 aromatic rings. The number of thioether (sulfide) groups is 1. The summed E-state index contributed by atoms with van der Waals surface area (Å²) >= 11 is 1.07. The first-order valence-electron chi connectivity index (χ1n) is 10.1. The van der Waals surface area contributed by atoms with Crippen LogP contribution in [-0.2, 0) is 19.2 Å². The standard InChI is InChI=1S/C20H26N4O9S/c21-12(20(30)31)5-7-16(26)23-13(19(29)22-8-17(27)28)9-34-18-11-2-1-3-14(24(32)33)10(11)4-6-15(18)25/h1-4,6,12-13,15,18,24-25,32H,5,7-9,21H2,(H,22,29)(H,23,26)(H,27,28)(H,30,31). The Labute approximate surface area is 198 Å². The van der Waals surface area contributed by atoms with Crippen LogP contribution in [0.15, 0.2) is 24.3 Å². The van der Waals surface area contributed by atoms with E-state index in [0.29, 0.717) is 11.1 Å². The number of carboxylic acid groups (broad SMARTS) is 2. The Balaban J connectivity index is 2.15. The fraction of sp³-hybridized carbons (Fsp3) is 0.400. The van der Waals surface area contributed by atoms with Crippen molar-refractivity contribution in [3.05, 3.63) is 40.6 Å². The fourth-order valence-electron chi connectivity index (χ4n) is 3.22. The molecule has 2 rings (SSSR count). The van der Waals surface area contributed by atoms with E-state index >= 15 is 0 Å². The van der Waals surface area contributed by atoms with Crippen molar-refractivity contribution in [2.45, 2.75) is 36.3 Å². The molecule has 1 aromatic carbocycles. The van der Waals surface area contributed by atoms with Crippen molar-refractivity contribution >= 4 is 47.3 Å². The highest BCUT2D eigenvalue weighted by Gasteiger charge is 2.31. The molecule has 14 heteroatoms. The van der Waals surface area contributed by atoms with Crippen LogP contribution in [0.1, 0.15) is 29.2 Å². The van der Waals surface area contributed by atoms with Crippen molar-refractivity contribution < 1.29 is 44.9 Å². The lowest BCUT2D eigenvalue weighted by molar-refractivity contribution is -0.991. The van der Waals surface area contributed by atoms with Gasteiger partial charge >= 0.3 is 11.9 Å². The number of carboxylic acids is 2. The average Bonchev–Trinajstić information content (AvgIpc) is 2.78. The van der Waals surface area contributed by atoms with Gasteiger partial charge in [0, 0.05) is 23.8 Å². The number of aliphatic hydroxyl groups excluding tert-OH is 1. The van der Waals surface area contributed by atoms with Gasteiger partial charge in [-0.1, -0.05) is 18.2 Å². The summed E-state index contributed by atoms with van der Waals surface area (Å²) in [4.78, 5) is 46.4. The fourth-order valence-corrected chi connectivity index (χ4v) is 4.52. The van der Waals surface area contributed by atoms with Crippen molar-refractivity contribution in [1.29, 1.82) is 0 Å². The van der Waals surface area contributed by atoms with Crippen LogP contribution in [0.2, 0.25) is 0 Å². The van der Waals surface area contributed by atoms with E-state index in [1.807, 2.05) is 0 Å². The van der Waals surface area contributed by atoms with Gasteiger partial charge in [-0.25, -0.2) is 5.21 Å². The van der Waals surface area contributed by atoms with Crippen molar-refractivity contribution in [2.24, 2.45) is 5.73 Å². The third-order valence-corrected chi connectivity index (χ3v) is 6.37. The van der Waals surface area contributed by atoms with E-state index in [9.17, 15) is 34.7 Å². The Hall–Kier alpha value is -3.01. The summed E-state index contributed by atoms with van der Waals surface area (Å²) in [6.45, 7) is -0.681. The molecule has 5 atom stereocenters. The van der Waals surface area contributed by atoms with Crippen LogP contribution < -0.4 is 21.6 Å². The molecule has 13 nitrogen and oxygen atoms in total.